The van der Waals surface area contributed by atoms with Crippen LogP contribution >= 0.6 is 12.4 Å². The molecule has 1 aliphatic carbocycles. The lowest BCUT2D eigenvalue weighted by molar-refractivity contribution is -0.133. The molecule has 7 heteroatoms. The molecule has 0 radical (unpaired) electrons. The maximum atomic E-state index is 12.3. The first-order valence-electron chi connectivity index (χ1n) is 9.64. The average Bonchev–Trinajstić information content (AvgIpc) is 2.59. The predicted octanol–water partition coefficient (Wildman–Crippen LogP) is 2.41. The number of halogens is 1. The number of piperidine rings is 1. The van der Waals surface area contributed by atoms with Gasteiger partial charge in [0.05, 0.1) is 0 Å². The number of hydrogen-bond donors (Lipinski definition) is 3. The second kappa shape index (κ2) is 11.6. The summed E-state index contributed by atoms with van der Waals surface area (Å²) in [5.41, 5.74) is 5.97. The third kappa shape index (κ3) is 7.82. The summed E-state index contributed by atoms with van der Waals surface area (Å²) < 4.78 is 0. The first kappa shape index (κ1) is 22.0. The van der Waals surface area contributed by atoms with Crippen molar-refractivity contribution in [2.45, 2.75) is 76.8 Å². The van der Waals surface area contributed by atoms with E-state index in [-0.39, 0.29) is 30.4 Å². The fraction of sp³-hybridized carbons (Fsp3) is 0.889. The molecule has 6 nitrogen and oxygen atoms in total. The molecule has 2 atom stereocenters. The number of nitrogens with two attached hydrogens (primary N) is 1. The van der Waals surface area contributed by atoms with E-state index in [1.54, 1.807) is 0 Å². The van der Waals surface area contributed by atoms with E-state index in [9.17, 15) is 9.59 Å². The second-order valence-corrected chi connectivity index (χ2v) is 7.44. The summed E-state index contributed by atoms with van der Waals surface area (Å²) in [6, 6.07) is 0.374. The lowest BCUT2D eigenvalue weighted by atomic mass is 9.92. The van der Waals surface area contributed by atoms with E-state index in [1.165, 1.54) is 19.3 Å². The lowest BCUT2D eigenvalue weighted by Crippen LogP contribution is -2.45. The van der Waals surface area contributed by atoms with Crippen molar-refractivity contribution in [3.8, 4) is 0 Å². The molecule has 1 aliphatic heterocycles. The van der Waals surface area contributed by atoms with E-state index >= 15 is 0 Å². The van der Waals surface area contributed by atoms with Crippen LogP contribution in [-0.2, 0) is 4.79 Å². The molecule has 1 saturated carbocycles. The van der Waals surface area contributed by atoms with E-state index in [1.807, 2.05) is 11.8 Å². The van der Waals surface area contributed by atoms with Crippen molar-refractivity contribution in [3.63, 3.8) is 0 Å². The number of nitrogens with zero attached hydrogens (tertiary/aromatic N) is 1. The molecular weight excluding hydrogens is 340 g/mol. The van der Waals surface area contributed by atoms with Crippen LogP contribution in [0.4, 0.5) is 4.79 Å². The van der Waals surface area contributed by atoms with Crippen LogP contribution in [0.2, 0.25) is 0 Å². The van der Waals surface area contributed by atoms with Crippen LogP contribution in [0.1, 0.15) is 64.7 Å². The van der Waals surface area contributed by atoms with Gasteiger partial charge < -0.3 is 21.3 Å². The molecule has 4 N–H and O–H groups in total. The summed E-state index contributed by atoms with van der Waals surface area (Å²) >= 11 is 0. The number of amides is 3. The summed E-state index contributed by atoms with van der Waals surface area (Å²) in [7, 11) is 0. The zero-order valence-electron chi connectivity index (χ0n) is 15.5. The van der Waals surface area contributed by atoms with Crippen LogP contribution in [-0.4, -0.2) is 48.6 Å². The Labute approximate surface area is 158 Å². The molecule has 3 amide bonds. The first-order chi connectivity index (χ1) is 11.6. The van der Waals surface area contributed by atoms with Crippen LogP contribution in [0.15, 0.2) is 0 Å². The molecule has 0 aromatic rings. The largest absolute Gasteiger partial charge is 0.342 e. The Hall–Kier alpha value is -1.01. The van der Waals surface area contributed by atoms with Crippen molar-refractivity contribution in [1.29, 1.82) is 0 Å². The minimum absolute atomic E-state index is 0. The first-order valence-corrected chi connectivity index (χ1v) is 9.64. The van der Waals surface area contributed by atoms with E-state index in [0.717, 1.165) is 38.8 Å². The van der Waals surface area contributed by atoms with Crippen molar-refractivity contribution >= 4 is 24.3 Å². The molecule has 0 spiro atoms. The molecule has 146 valence electrons. The molecule has 1 saturated heterocycles. The van der Waals surface area contributed by atoms with Crippen LogP contribution in [0, 0.1) is 5.92 Å². The molecule has 25 heavy (non-hydrogen) atoms. The number of hydrogen-bond acceptors (Lipinski definition) is 3. The van der Waals surface area contributed by atoms with E-state index in [2.05, 4.69) is 10.6 Å². The molecule has 0 aromatic carbocycles. The Morgan fingerprint density at radius 1 is 1.16 bits per heavy atom. The Bertz CT molecular complexity index is 414. The van der Waals surface area contributed by atoms with Crippen molar-refractivity contribution in [2.75, 3.05) is 19.6 Å². The number of urea groups is 1. The van der Waals surface area contributed by atoms with Gasteiger partial charge in [-0.2, -0.15) is 0 Å². The Kier molecular flexibility index (Phi) is 10.2. The Morgan fingerprint density at radius 2 is 1.88 bits per heavy atom. The lowest BCUT2D eigenvalue weighted by Gasteiger charge is -2.34. The van der Waals surface area contributed by atoms with Crippen molar-refractivity contribution in [1.82, 2.24) is 15.5 Å². The fourth-order valence-electron chi connectivity index (χ4n) is 3.75. The zero-order valence-corrected chi connectivity index (χ0v) is 16.3. The van der Waals surface area contributed by atoms with Gasteiger partial charge in [-0.05, 0) is 44.9 Å². The van der Waals surface area contributed by atoms with Gasteiger partial charge in [-0.15, -0.1) is 12.4 Å². The van der Waals surface area contributed by atoms with Gasteiger partial charge in [-0.1, -0.05) is 19.3 Å². The van der Waals surface area contributed by atoms with Crippen molar-refractivity contribution in [3.05, 3.63) is 0 Å². The third-order valence-corrected chi connectivity index (χ3v) is 5.35. The van der Waals surface area contributed by atoms with Crippen LogP contribution in [0.25, 0.3) is 0 Å². The van der Waals surface area contributed by atoms with Gasteiger partial charge in [0.25, 0.3) is 0 Å². The van der Waals surface area contributed by atoms with Crippen molar-refractivity contribution < 1.29 is 9.59 Å². The van der Waals surface area contributed by atoms with Crippen LogP contribution in [0.3, 0.4) is 0 Å². The molecule has 0 aromatic heterocycles. The summed E-state index contributed by atoms with van der Waals surface area (Å²) in [6.45, 7) is 4.20. The van der Waals surface area contributed by atoms with E-state index in [4.69, 9.17) is 5.73 Å². The van der Waals surface area contributed by atoms with E-state index < -0.39 is 0 Å². The van der Waals surface area contributed by atoms with Crippen LogP contribution in [0.5, 0.6) is 0 Å². The highest BCUT2D eigenvalue weighted by Crippen LogP contribution is 2.19. The van der Waals surface area contributed by atoms with Gasteiger partial charge in [-0.3, -0.25) is 4.79 Å². The van der Waals surface area contributed by atoms with Gasteiger partial charge in [-0.25, -0.2) is 4.79 Å². The number of carbonyl (C=O) groups is 2. The number of rotatable bonds is 6. The zero-order chi connectivity index (χ0) is 17.4. The quantitative estimate of drug-likeness (QED) is 0.624. The second-order valence-electron chi connectivity index (χ2n) is 7.44. The normalized spacial score (nSPS) is 22.6. The maximum absolute atomic E-state index is 12.3. The number of nitrogens with one attached hydrogen (secondary N) is 2. The minimum Gasteiger partial charge on any atom is -0.342 e. The van der Waals surface area contributed by atoms with Gasteiger partial charge in [0, 0.05) is 38.1 Å². The topological polar surface area (TPSA) is 87.5 Å². The average molecular weight is 375 g/mol. The molecule has 0 bridgehead atoms. The third-order valence-electron chi connectivity index (χ3n) is 5.35. The fourth-order valence-corrected chi connectivity index (χ4v) is 3.75. The molecule has 2 unspecified atom stereocenters. The standard InChI is InChI=1S/C18H34N4O2.ClH/c1-14(19)15-7-6-12-22(13-15)17(23)10-5-11-20-18(24)21-16-8-3-2-4-9-16;/h14-16H,2-13,19H2,1H3,(H2,20,21,24);1H. The SMILES string of the molecule is CC(N)C1CCCN(C(=O)CCCNC(=O)NC2CCCCC2)C1.Cl. The van der Waals surface area contributed by atoms with E-state index in [0.29, 0.717) is 31.3 Å². The highest BCUT2D eigenvalue weighted by molar-refractivity contribution is 5.85. The predicted molar refractivity (Wildman–Crippen MR) is 103 cm³/mol. The van der Waals surface area contributed by atoms with Crippen molar-refractivity contribution in [2.24, 2.45) is 11.7 Å². The highest BCUT2D eigenvalue weighted by Gasteiger charge is 2.25. The summed E-state index contributed by atoms with van der Waals surface area (Å²) in [4.78, 5) is 26.1. The molecule has 2 aliphatic rings. The highest BCUT2D eigenvalue weighted by atomic mass is 35.5. The Balaban J connectivity index is 0.00000312. The molecular formula is C18H35ClN4O2. The summed E-state index contributed by atoms with van der Waals surface area (Å²) in [5.74, 6) is 0.608. The minimum atomic E-state index is -0.0932. The number of carbonyl (C=O) groups excluding carboxylic acids is 2. The van der Waals surface area contributed by atoms with Crippen LogP contribution < -0.4 is 16.4 Å². The van der Waals surface area contributed by atoms with Gasteiger partial charge in [0.2, 0.25) is 5.91 Å². The summed E-state index contributed by atoms with van der Waals surface area (Å²) in [5, 5.41) is 5.90. The van der Waals surface area contributed by atoms with Gasteiger partial charge in [0.1, 0.15) is 0 Å². The summed E-state index contributed by atoms with van der Waals surface area (Å²) in [6.07, 6.45) is 9.21. The maximum Gasteiger partial charge on any atom is 0.315 e. The van der Waals surface area contributed by atoms with Gasteiger partial charge >= 0.3 is 6.03 Å². The smallest absolute Gasteiger partial charge is 0.315 e. The van der Waals surface area contributed by atoms with Gasteiger partial charge in [0.15, 0.2) is 0 Å². The molecule has 1 heterocycles. The Morgan fingerprint density at radius 3 is 2.56 bits per heavy atom. The monoisotopic (exact) mass is 374 g/mol. The molecule has 2 fully saturated rings. The molecule has 2 rings (SSSR count). The number of likely N-dealkylation sites (tertiary alicyclic amines) is 1.